The number of amides is 2. The maximum atomic E-state index is 13.3. The van der Waals surface area contributed by atoms with Crippen LogP contribution in [0.4, 0.5) is 23.1 Å². The van der Waals surface area contributed by atoms with Crippen LogP contribution in [0.2, 0.25) is 0 Å². The second-order valence-corrected chi connectivity index (χ2v) is 9.60. The molecule has 37 heavy (non-hydrogen) atoms. The van der Waals surface area contributed by atoms with Gasteiger partial charge in [-0.05, 0) is 50.2 Å². The highest BCUT2D eigenvalue weighted by atomic mass is 16.5. The molecule has 3 aromatic rings. The number of carbonyl (C=O) groups is 2. The van der Waals surface area contributed by atoms with Crippen LogP contribution in [0.5, 0.6) is 5.75 Å². The SMILES string of the molecule is COc1ccc(Nc2cc(C)nc(N3CCN(C(=O)C4CC(=O)N(c5ccc(C)cc5)C4)CC3)n2)cc1. The highest BCUT2D eigenvalue weighted by Crippen LogP contribution is 2.27. The molecule has 2 aromatic carbocycles. The van der Waals surface area contributed by atoms with Gasteiger partial charge in [-0.3, -0.25) is 9.59 Å². The molecule has 2 amide bonds. The van der Waals surface area contributed by atoms with Crippen molar-refractivity contribution in [1.82, 2.24) is 14.9 Å². The zero-order valence-electron chi connectivity index (χ0n) is 21.5. The Labute approximate surface area is 217 Å². The fourth-order valence-corrected chi connectivity index (χ4v) is 4.81. The summed E-state index contributed by atoms with van der Waals surface area (Å²) in [6.07, 6.45) is 0.258. The van der Waals surface area contributed by atoms with E-state index in [9.17, 15) is 9.59 Å². The maximum Gasteiger partial charge on any atom is 0.228 e. The van der Waals surface area contributed by atoms with E-state index in [1.807, 2.05) is 73.3 Å². The minimum absolute atomic E-state index is 0.00545. The molecule has 9 heteroatoms. The standard InChI is InChI=1S/C28H32N6O3/c1-19-4-8-23(9-5-19)34-18-21(17-26(34)35)27(36)32-12-14-33(15-13-32)28-29-20(2)16-25(31-28)30-22-6-10-24(37-3)11-7-22/h4-11,16,21H,12-15,17-18H2,1-3H3,(H,29,30,31). The molecule has 2 saturated heterocycles. The monoisotopic (exact) mass is 500 g/mol. The van der Waals surface area contributed by atoms with Crippen molar-refractivity contribution in [2.75, 3.05) is 55.0 Å². The first-order valence-electron chi connectivity index (χ1n) is 12.6. The molecule has 0 bridgehead atoms. The van der Waals surface area contributed by atoms with Crippen LogP contribution in [0.1, 0.15) is 17.7 Å². The number of nitrogens with one attached hydrogen (secondary N) is 1. The smallest absolute Gasteiger partial charge is 0.228 e. The van der Waals surface area contributed by atoms with Gasteiger partial charge in [0.25, 0.3) is 0 Å². The lowest BCUT2D eigenvalue weighted by Crippen LogP contribution is -2.51. The molecule has 1 unspecified atom stereocenters. The Morgan fingerprint density at radius 1 is 0.973 bits per heavy atom. The van der Waals surface area contributed by atoms with E-state index in [-0.39, 0.29) is 24.2 Å². The molecule has 0 spiro atoms. The number of hydrogen-bond donors (Lipinski definition) is 1. The van der Waals surface area contributed by atoms with Crippen molar-refractivity contribution in [3.63, 3.8) is 0 Å². The topological polar surface area (TPSA) is 90.9 Å². The Balaban J connectivity index is 1.19. The highest BCUT2D eigenvalue weighted by molar-refractivity contribution is 6.00. The summed E-state index contributed by atoms with van der Waals surface area (Å²) >= 11 is 0. The molecule has 3 heterocycles. The van der Waals surface area contributed by atoms with E-state index in [2.05, 4.69) is 15.2 Å². The van der Waals surface area contributed by atoms with Gasteiger partial charge in [-0.25, -0.2) is 4.98 Å². The molecule has 192 valence electrons. The van der Waals surface area contributed by atoms with Crippen LogP contribution >= 0.6 is 0 Å². The fourth-order valence-electron chi connectivity index (χ4n) is 4.81. The van der Waals surface area contributed by atoms with Gasteiger partial charge in [0, 0.05) is 62.3 Å². The third-order valence-corrected chi connectivity index (χ3v) is 6.90. The normalized spacial score (nSPS) is 17.8. The Morgan fingerprint density at radius 3 is 2.35 bits per heavy atom. The van der Waals surface area contributed by atoms with Crippen molar-refractivity contribution in [2.45, 2.75) is 20.3 Å². The average molecular weight is 501 g/mol. The minimum atomic E-state index is -0.309. The number of hydrogen-bond acceptors (Lipinski definition) is 7. The van der Waals surface area contributed by atoms with Crippen LogP contribution in [0, 0.1) is 19.8 Å². The van der Waals surface area contributed by atoms with Gasteiger partial charge in [0.1, 0.15) is 11.6 Å². The maximum absolute atomic E-state index is 13.3. The summed E-state index contributed by atoms with van der Waals surface area (Å²) in [6, 6.07) is 17.4. The number of anilines is 4. The van der Waals surface area contributed by atoms with Gasteiger partial charge >= 0.3 is 0 Å². The van der Waals surface area contributed by atoms with Crippen molar-refractivity contribution in [3.8, 4) is 5.75 Å². The van der Waals surface area contributed by atoms with Gasteiger partial charge in [0.05, 0.1) is 13.0 Å². The first-order chi connectivity index (χ1) is 17.9. The summed E-state index contributed by atoms with van der Waals surface area (Å²) in [6.45, 7) is 6.82. The lowest BCUT2D eigenvalue weighted by Gasteiger charge is -2.36. The summed E-state index contributed by atoms with van der Waals surface area (Å²) in [7, 11) is 1.64. The number of nitrogens with zero attached hydrogens (tertiary/aromatic N) is 5. The molecule has 5 rings (SSSR count). The molecular weight excluding hydrogens is 468 g/mol. The second-order valence-electron chi connectivity index (χ2n) is 9.60. The van der Waals surface area contributed by atoms with Crippen LogP contribution in [-0.2, 0) is 9.59 Å². The molecule has 1 N–H and O–H groups in total. The highest BCUT2D eigenvalue weighted by Gasteiger charge is 2.38. The molecule has 0 radical (unpaired) electrons. The number of carbonyl (C=O) groups excluding carboxylic acids is 2. The molecular formula is C28H32N6O3. The summed E-state index contributed by atoms with van der Waals surface area (Å²) < 4.78 is 5.22. The van der Waals surface area contributed by atoms with Crippen LogP contribution in [0.3, 0.4) is 0 Å². The first kappa shape index (κ1) is 24.5. The van der Waals surface area contributed by atoms with E-state index in [0.29, 0.717) is 44.5 Å². The number of aryl methyl sites for hydroxylation is 2. The molecule has 1 atom stereocenters. The Hall–Kier alpha value is -4.14. The number of piperazine rings is 1. The zero-order chi connectivity index (χ0) is 25.9. The van der Waals surface area contributed by atoms with Gasteiger partial charge < -0.3 is 24.8 Å². The third kappa shape index (κ3) is 5.50. The lowest BCUT2D eigenvalue weighted by molar-refractivity contribution is -0.136. The van der Waals surface area contributed by atoms with E-state index in [0.717, 1.165) is 28.4 Å². The molecule has 2 fully saturated rings. The van der Waals surface area contributed by atoms with Gasteiger partial charge in [-0.2, -0.15) is 4.98 Å². The summed E-state index contributed by atoms with van der Waals surface area (Å²) in [5.74, 6) is 1.90. The average Bonchev–Trinajstić information content (AvgIpc) is 3.30. The predicted molar refractivity (Wildman–Crippen MR) is 143 cm³/mol. The second kappa shape index (κ2) is 10.5. The van der Waals surface area contributed by atoms with E-state index in [1.54, 1.807) is 12.0 Å². The van der Waals surface area contributed by atoms with E-state index in [4.69, 9.17) is 9.72 Å². The van der Waals surface area contributed by atoms with Gasteiger partial charge in [0.2, 0.25) is 17.8 Å². The molecule has 2 aliphatic rings. The lowest BCUT2D eigenvalue weighted by atomic mass is 10.1. The van der Waals surface area contributed by atoms with Crippen molar-refractivity contribution in [1.29, 1.82) is 0 Å². The summed E-state index contributed by atoms with van der Waals surface area (Å²) in [5, 5.41) is 3.33. The van der Waals surface area contributed by atoms with Crippen LogP contribution in [-0.4, -0.2) is 66.5 Å². The van der Waals surface area contributed by atoms with Crippen molar-refractivity contribution < 1.29 is 14.3 Å². The molecule has 2 aliphatic heterocycles. The van der Waals surface area contributed by atoms with Crippen LogP contribution in [0.25, 0.3) is 0 Å². The largest absolute Gasteiger partial charge is 0.497 e. The number of rotatable bonds is 6. The fraction of sp³-hybridized carbons (Fsp3) is 0.357. The van der Waals surface area contributed by atoms with Crippen molar-refractivity contribution in [2.24, 2.45) is 5.92 Å². The van der Waals surface area contributed by atoms with Crippen molar-refractivity contribution >= 4 is 35.0 Å². The van der Waals surface area contributed by atoms with E-state index in [1.165, 1.54) is 0 Å². The van der Waals surface area contributed by atoms with Crippen LogP contribution < -0.4 is 19.9 Å². The van der Waals surface area contributed by atoms with Gasteiger partial charge in [0.15, 0.2) is 0 Å². The predicted octanol–water partition coefficient (Wildman–Crippen LogP) is 3.55. The molecule has 1 aromatic heterocycles. The Kier molecular flexibility index (Phi) is 6.94. The molecule has 0 aliphatic carbocycles. The summed E-state index contributed by atoms with van der Waals surface area (Å²) in [4.78, 5) is 41.0. The zero-order valence-corrected chi connectivity index (χ0v) is 21.5. The van der Waals surface area contributed by atoms with E-state index >= 15 is 0 Å². The first-order valence-corrected chi connectivity index (χ1v) is 12.6. The molecule has 9 nitrogen and oxygen atoms in total. The number of methoxy groups -OCH3 is 1. The summed E-state index contributed by atoms with van der Waals surface area (Å²) in [5.41, 5.74) is 3.76. The Bertz CT molecular complexity index is 1270. The Morgan fingerprint density at radius 2 is 1.68 bits per heavy atom. The number of aromatic nitrogens is 2. The van der Waals surface area contributed by atoms with E-state index < -0.39 is 0 Å². The van der Waals surface area contributed by atoms with Crippen molar-refractivity contribution in [3.05, 3.63) is 65.9 Å². The third-order valence-electron chi connectivity index (χ3n) is 6.90. The van der Waals surface area contributed by atoms with Gasteiger partial charge in [-0.1, -0.05) is 17.7 Å². The number of benzene rings is 2. The number of ether oxygens (including phenoxy) is 1. The molecule has 0 saturated carbocycles. The quantitative estimate of drug-likeness (QED) is 0.554. The minimum Gasteiger partial charge on any atom is -0.497 e. The van der Waals surface area contributed by atoms with Crippen LogP contribution in [0.15, 0.2) is 54.6 Å². The van der Waals surface area contributed by atoms with Gasteiger partial charge in [-0.15, -0.1) is 0 Å².